The van der Waals surface area contributed by atoms with Gasteiger partial charge in [0, 0.05) is 12.7 Å². The van der Waals surface area contributed by atoms with Crippen LogP contribution in [0.5, 0.6) is 0 Å². The summed E-state index contributed by atoms with van der Waals surface area (Å²) in [6.07, 6.45) is -2.17. The lowest BCUT2D eigenvalue weighted by Crippen LogP contribution is -2.21. The molecule has 104 valence electrons. The Morgan fingerprint density at radius 3 is 2.47 bits per heavy atom. The lowest BCUT2D eigenvalue weighted by molar-refractivity contribution is -0.109. The van der Waals surface area contributed by atoms with Crippen molar-refractivity contribution < 1.29 is 24.9 Å². The van der Waals surface area contributed by atoms with Crippen LogP contribution in [0.1, 0.15) is 35.4 Å². The number of carbonyl (C=O) groups is 2. The van der Waals surface area contributed by atoms with Gasteiger partial charge in [-0.3, -0.25) is 4.79 Å². The molecule has 1 rings (SSSR count). The summed E-state index contributed by atoms with van der Waals surface area (Å²) >= 11 is 1.06. The molecule has 1 aromatic rings. The average Bonchev–Trinajstić information content (AvgIpc) is 2.37. The Balaban J connectivity index is 2.73. The van der Waals surface area contributed by atoms with Crippen molar-refractivity contribution in [1.29, 1.82) is 0 Å². The summed E-state index contributed by atoms with van der Waals surface area (Å²) in [6.45, 7) is 1.42. The fourth-order valence-electron chi connectivity index (χ4n) is 1.64. The van der Waals surface area contributed by atoms with E-state index in [1.807, 2.05) is 0 Å². The highest BCUT2D eigenvalue weighted by atomic mass is 32.2. The number of rotatable bonds is 6. The van der Waals surface area contributed by atoms with E-state index < -0.39 is 18.2 Å². The Morgan fingerprint density at radius 2 is 1.89 bits per heavy atom. The Morgan fingerprint density at radius 1 is 1.26 bits per heavy atom. The molecule has 0 saturated heterocycles. The lowest BCUT2D eigenvalue weighted by Gasteiger charge is -2.19. The van der Waals surface area contributed by atoms with Gasteiger partial charge in [0.25, 0.3) is 0 Å². The van der Waals surface area contributed by atoms with Gasteiger partial charge in [-0.15, -0.1) is 0 Å². The Bertz CT molecular complexity index is 460. The smallest absolute Gasteiger partial charge is 0.336 e. The van der Waals surface area contributed by atoms with E-state index in [0.29, 0.717) is 5.75 Å². The number of aliphatic hydroxyl groups is 2. The topological polar surface area (TPSA) is 94.8 Å². The van der Waals surface area contributed by atoms with Gasteiger partial charge in [0.05, 0.1) is 11.7 Å². The SMILES string of the molecule is CC(=O)SCCC(O)C(O)c1ccccc1C(=O)O. The molecule has 0 amide bonds. The van der Waals surface area contributed by atoms with Gasteiger partial charge in [-0.05, 0) is 18.1 Å². The van der Waals surface area contributed by atoms with E-state index in [1.165, 1.54) is 19.1 Å². The lowest BCUT2D eigenvalue weighted by atomic mass is 9.97. The van der Waals surface area contributed by atoms with Crippen molar-refractivity contribution in [1.82, 2.24) is 0 Å². The second-order valence-corrected chi connectivity index (χ2v) is 5.31. The number of hydrogen-bond donors (Lipinski definition) is 3. The molecule has 0 saturated carbocycles. The molecule has 5 nitrogen and oxygen atoms in total. The number of carboxylic acids is 1. The van der Waals surface area contributed by atoms with Gasteiger partial charge in [-0.25, -0.2) is 4.79 Å². The summed E-state index contributed by atoms with van der Waals surface area (Å²) in [5.41, 5.74) is 0.142. The number of benzene rings is 1. The van der Waals surface area contributed by atoms with Crippen LogP contribution in [0.15, 0.2) is 24.3 Å². The molecule has 0 aliphatic rings. The van der Waals surface area contributed by atoms with Crippen LogP contribution in [-0.4, -0.2) is 38.3 Å². The molecular formula is C13H16O5S. The second kappa shape index (κ2) is 7.28. The summed E-state index contributed by atoms with van der Waals surface area (Å²) < 4.78 is 0. The van der Waals surface area contributed by atoms with Crippen LogP contribution in [0.25, 0.3) is 0 Å². The summed E-state index contributed by atoms with van der Waals surface area (Å²) in [7, 11) is 0. The van der Waals surface area contributed by atoms with E-state index in [2.05, 4.69) is 0 Å². The third-order valence-electron chi connectivity index (χ3n) is 2.59. The predicted molar refractivity (Wildman–Crippen MR) is 72.1 cm³/mol. The van der Waals surface area contributed by atoms with Gasteiger partial charge >= 0.3 is 5.97 Å². The van der Waals surface area contributed by atoms with Gasteiger partial charge in [0.1, 0.15) is 6.10 Å². The maximum atomic E-state index is 11.0. The standard InChI is InChI=1S/C13H16O5S/c1-8(14)19-7-6-11(15)12(16)9-4-2-3-5-10(9)13(17)18/h2-5,11-12,15-16H,6-7H2,1H3,(H,17,18). The zero-order chi connectivity index (χ0) is 14.4. The first-order valence-corrected chi connectivity index (χ1v) is 6.73. The molecule has 0 bridgehead atoms. The molecule has 0 aliphatic carbocycles. The molecule has 0 radical (unpaired) electrons. The Hall–Kier alpha value is -1.37. The van der Waals surface area contributed by atoms with Crippen LogP contribution in [0, 0.1) is 0 Å². The van der Waals surface area contributed by atoms with Gasteiger partial charge in [0.15, 0.2) is 5.12 Å². The number of hydrogen-bond acceptors (Lipinski definition) is 5. The molecule has 6 heteroatoms. The van der Waals surface area contributed by atoms with Crippen LogP contribution >= 0.6 is 11.8 Å². The molecule has 0 aliphatic heterocycles. The Kier molecular flexibility index (Phi) is 6.01. The van der Waals surface area contributed by atoms with Crippen molar-refractivity contribution in [2.75, 3.05) is 5.75 Å². The third kappa shape index (κ3) is 4.66. The minimum absolute atomic E-state index is 0.0340. The number of aliphatic hydroxyl groups excluding tert-OH is 2. The molecule has 2 atom stereocenters. The maximum Gasteiger partial charge on any atom is 0.336 e. The van der Waals surface area contributed by atoms with Gasteiger partial charge in [-0.1, -0.05) is 30.0 Å². The van der Waals surface area contributed by atoms with Crippen LogP contribution in [0.4, 0.5) is 0 Å². The van der Waals surface area contributed by atoms with Crippen molar-refractivity contribution in [3.8, 4) is 0 Å². The first-order chi connectivity index (χ1) is 8.93. The summed E-state index contributed by atoms with van der Waals surface area (Å²) in [6, 6.07) is 5.99. The quantitative estimate of drug-likeness (QED) is 0.732. The van der Waals surface area contributed by atoms with E-state index in [4.69, 9.17) is 5.11 Å². The molecule has 1 aromatic carbocycles. The average molecular weight is 284 g/mol. The number of carbonyl (C=O) groups excluding carboxylic acids is 1. The van der Waals surface area contributed by atoms with E-state index in [9.17, 15) is 19.8 Å². The van der Waals surface area contributed by atoms with E-state index in [0.717, 1.165) is 11.8 Å². The first kappa shape index (κ1) is 15.7. The van der Waals surface area contributed by atoms with E-state index in [1.54, 1.807) is 12.1 Å². The monoisotopic (exact) mass is 284 g/mol. The summed E-state index contributed by atoms with van der Waals surface area (Å²) in [4.78, 5) is 21.8. The zero-order valence-corrected chi connectivity index (χ0v) is 11.3. The molecule has 0 fully saturated rings. The second-order valence-electron chi connectivity index (χ2n) is 4.03. The molecule has 0 spiro atoms. The highest BCUT2D eigenvalue weighted by Crippen LogP contribution is 2.23. The van der Waals surface area contributed by atoms with E-state index >= 15 is 0 Å². The highest BCUT2D eigenvalue weighted by Gasteiger charge is 2.23. The van der Waals surface area contributed by atoms with Crippen molar-refractivity contribution in [2.45, 2.75) is 25.6 Å². The number of aromatic carboxylic acids is 1. The van der Waals surface area contributed by atoms with E-state index in [-0.39, 0.29) is 22.7 Å². The minimum Gasteiger partial charge on any atom is -0.478 e. The normalized spacial score (nSPS) is 13.8. The Labute approximate surface area is 115 Å². The maximum absolute atomic E-state index is 11.0. The predicted octanol–water partition coefficient (Wildman–Crippen LogP) is 1.45. The van der Waals surface area contributed by atoms with Crippen LogP contribution in [0.3, 0.4) is 0 Å². The molecular weight excluding hydrogens is 268 g/mol. The molecule has 0 aromatic heterocycles. The van der Waals surface area contributed by atoms with Crippen molar-refractivity contribution >= 4 is 22.8 Å². The van der Waals surface area contributed by atoms with Crippen molar-refractivity contribution in [3.63, 3.8) is 0 Å². The molecule has 3 N–H and O–H groups in total. The largest absolute Gasteiger partial charge is 0.478 e. The van der Waals surface area contributed by atoms with Crippen LogP contribution in [-0.2, 0) is 4.79 Å². The molecule has 2 unspecified atom stereocenters. The van der Waals surface area contributed by atoms with Crippen molar-refractivity contribution in [2.24, 2.45) is 0 Å². The highest BCUT2D eigenvalue weighted by molar-refractivity contribution is 8.13. The summed E-state index contributed by atoms with van der Waals surface area (Å²) in [5.74, 6) is -0.775. The van der Waals surface area contributed by atoms with Gasteiger partial charge in [0.2, 0.25) is 0 Å². The first-order valence-electron chi connectivity index (χ1n) is 5.75. The third-order valence-corrected chi connectivity index (χ3v) is 3.44. The molecule has 0 heterocycles. The van der Waals surface area contributed by atoms with Crippen LogP contribution < -0.4 is 0 Å². The van der Waals surface area contributed by atoms with Crippen molar-refractivity contribution in [3.05, 3.63) is 35.4 Å². The summed E-state index contributed by atoms with van der Waals surface area (Å²) in [5, 5.41) is 28.7. The van der Waals surface area contributed by atoms with Gasteiger partial charge in [-0.2, -0.15) is 0 Å². The fourth-order valence-corrected chi connectivity index (χ4v) is 2.29. The van der Waals surface area contributed by atoms with Gasteiger partial charge < -0.3 is 15.3 Å². The number of thioether (sulfide) groups is 1. The fraction of sp³-hybridized carbons (Fsp3) is 0.385. The minimum atomic E-state index is -1.28. The number of carboxylic acid groups (broad SMARTS) is 1. The zero-order valence-electron chi connectivity index (χ0n) is 10.4. The molecule has 19 heavy (non-hydrogen) atoms. The van der Waals surface area contributed by atoms with Crippen LogP contribution in [0.2, 0.25) is 0 Å².